The van der Waals surface area contributed by atoms with Crippen molar-refractivity contribution in [2.75, 3.05) is 31.1 Å². The van der Waals surface area contributed by atoms with Crippen LogP contribution in [0, 0.1) is 18.8 Å². The van der Waals surface area contributed by atoms with E-state index in [4.69, 9.17) is 0 Å². The quantitative estimate of drug-likeness (QED) is 0.852. The summed E-state index contributed by atoms with van der Waals surface area (Å²) in [4.78, 5) is 28.7. The van der Waals surface area contributed by atoms with Crippen molar-refractivity contribution in [3.8, 4) is 0 Å². The van der Waals surface area contributed by atoms with Crippen LogP contribution in [0.4, 0.5) is 10.5 Å². The van der Waals surface area contributed by atoms with E-state index in [2.05, 4.69) is 19.2 Å². The Kier molecular flexibility index (Phi) is 5.47. The van der Waals surface area contributed by atoms with E-state index in [-0.39, 0.29) is 17.9 Å². The van der Waals surface area contributed by atoms with Gasteiger partial charge in [-0.2, -0.15) is 0 Å². The molecule has 0 aromatic heterocycles. The average Bonchev–Trinajstić information content (AvgIpc) is 3.02. The fraction of sp³-hybridized carbons (Fsp3) is 0.619. The third-order valence-corrected chi connectivity index (χ3v) is 5.85. The summed E-state index contributed by atoms with van der Waals surface area (Å²) >= 11 is 0. The molecule has 0 spiro atoms. The Balaban J connectivity index is 1.80. The number of rotatable bonds is 4. The Morgan fingerprint density at radius 2 is 2.11 bits per heavy atom. The number of likely N-dealkylation sites (tertiary alicyclic amines) is 1. The van der Waals surface area contributed by atoms with Gasteiger partial charge in [-0.05, 0) is 50.3 Å². The second kappa shape index (κ2) is 7.50. The summed E-state index contributed by atoms with van der Waals surface area (Å²) in [5.74, 6) is 0.515. The number of aliphatic hydroxyl groups is 1. The molecule has 2 aliphatic rings. The summed E-state index contributed by atoms with van der Waals surface area (Å²) < 4.78 is 0. The van der Waals surface area contributed by atoms with Crippen molar-refractivity contribution in [3.05, 3.63) is 29.3 Å². The molecule has 2 atom stereocenters. The molecule has 1 aromatic carbocycles. The average molecular weight is 373 g/mol. The van der Waals surface area contributed by atoms with Crippen LogP contribution in [0.1, 0.15) is 49.5 Å². The number of nitrogens with zero attached hydrogens (tertiary/aromatic N) is 2. The van der Waals surface area contributed by atoms with Gasteiger partial charge >= 0.3 is 6.03 Å². The lowest BCUT2D eigenvalue weighted by Crippen LogP contribution is -2.52. The van der Waals surface area contributed by atoms with Crippen LogP contribution in [0.3, 0.4) is 0 Å². The van der Waals surface area contributed by atoms with Crippen molar-refractivity contribution in [2.24, 2.45) is 11.8 Å². The lowest BCUT2D eigenvalue weighted by molar-refractivity contribution is -0.0577. The first-order chi connectivity index (χ1) is 12.7. The molecule has 3 rings (SSSR count). The Hall–Kier alpha value is -2.08. The number of piperidine rings is 1. The number of carbonyl (C=O) groups is 2. The first-order valence-corrected chi connectivity index (χ1v) is 9.86. The van der Waals surface area contributed by atoms with E-state index in [1.807, 2.05) is 36.9 Å². The van der Waals surface area contributed by atoms with Gasteiger partial charge in [0, 0.05) is 43.3 Å². The zero-order valence-electron chi connectivity index (χ0n) is 16.8. The lowest BCUT2D eigenvalue weighted by atomic mass is 9.78. The van der Waals surface area contributed by atoms with Crippen molar-refractivity contribution in [3.63, 3.8) is 0 Å². The molecule has 2 fully saturated rings. The first-order valence-electron chi connectivity index (χ1n) is 9.86. The normalized spacial score (nSPS) is 25.9. The highest BCUT2D eigenvalue weighted by Crippen LogP contribution is 2.33. The second-order valence-corrected chi connectivity index (χ2v) is 8.57. The van der Waals surface area contributed by atoms with Crippen molar-refractivity contribution < 1.29 is 14.7 Å². The van der Waals surface area contributed by atoms with E-state index in [9.17, 15) is 14.7 Å². The third kappa shape index (κ3) is 4.10. The molecular weight excluding hydrogens is 342 g/mol. The summed E-state index contributed by atoms with van der Waals surface area (Å²) in [6.07, 6.45) is 1.48. The van der Waals surface area contributed by atoms with E-state index in [1.54, 1.807) is 4.90 Å². The minimum absolute atomic E-state index is 0.0277. The maximum atomic E-state index is 13.1. The molecule has 2 N–H and O–H groups in total. The van der Waals surface area contributed by atoms with Crippen molar-refractivity contribution in [1.29, 1.82) is 0 Å². The molecule has 0 saturated carbocycles. The van der Waals surface area contributed by atoms with Crippen LogP contribution in [0.15, 0.2) is 18.2 Å². The highest BCUT2D eigenvalue weighted by Gasteiger charge is 2.39. The number of hydrogen-bond acceptors (Lipinski definition) is 3. The number of urea groups is 1. The fourth-order valence-corrected chi connectivity index (χ4v) is 4.12. The van der Waals surface area contributed by atoms with Crippen LogP contribution in [-0.2, 0) is 0 Å². The van der Waals surface area contributed by atoms with E-state index >= 15 is 0 Å². The number of hydrogen-bond donors (Lipinski definition) is 2. The number of benzene rings is 1. The van der Waals surface area contributed by atoms with Gasteiger partial charge < -0.3 is 15.3 Å². The monoisotopic (exact) mass is 373 g/mol. The van der Waals surface area contributed by atoms with Gasteiger partial charge in [-0.15, -0.1) is 0 Å². The van der Waals surface area contributed by atoms with Crippen LogP contribution in [0.25, 0.3) is 0 Å². The van der Waals surface area contributed by atoms with E-state index in [1.165, 1.54) is 0 Å². The number of carbonyl (C=O) groups excluding carboxylic acids is 2. The first kappa shape index (κ1) is 19.7. The summed E-state index contributed by atoms with van der Waals surface area (Å²) in [6.45, 7) is 10.5. The lowest BCUT2D eigenvalue weighted by Gasteiger charge is -2.43. The second-order valence-electron chi connectivity index (χ2n) is 8.57. The molecule has 2 aliphatic heterocycles. The molecule has 148 valence electrons. The van der Waals surface area contributed by atoms with Gasteiger partial charge in [-0.3, -0.25) is 9.69 Å². The molecule has 2 heterocycles. The smallest absolute Gasteiger partial charge is 0.322 e. The Bertz CT molecular complexity index is 729. The zero-order chi connectivity index (χ0) is 19.8. The number of anilines is 1. The topological polar surface area (TPSA) is 72.9 Å². The van der Waals surface area contributed by atoms with Crippen LogP contribution in [-0.4, -0.2) is 53.7 Å². The number of amides is 3. The molecule has 27 heavy (non-hydrogen) atoms. The van der Waals surface area contributed by atoms with Gasteiger partial charge in [-0.1, -0.05) is 19.9 Å². The van der Waals surface area contributed by atoms with Crippen molar-refractivity contribution in [1.82, 2.24) is 10.2 Å². The summed E-state index contributed by atoms with van der Waals surface area (Å²) in [5.41, 5.74) is 1.63. The summed E-state index contributed by atoms with van der Waals surface area (Å²) in [5, 5.41) is 13.5. The Labute approximate surface area is 161 Å². The van der Waals surface area contributed by atoms with Crippen molar-refractivity contribution >= 4 is 17.6 Å². The van der Waals surface area contributed by atoms with Crippen molar-refractivity contribution in [2.45, 2.75) is 46.1 Å². The molecule has 1 aromatic rings. The van der Waals surface area contributed by atoms with Gasteiger partial charge in [0.2, 0.25) is 0 Å². The molecule has 2 saturated heterocycles. The van der Waals surface area contributed by atoms with Crippen LogP contribution in [0.2, 0.25) is 0 Å². The molecular formula is C21H31N3O3. The highest BCUT2D eigenvalue weighted by atomic mass is 16.3. The third-order valence-electron chi connectivity index (χ3n) is 5.85. The Morgan fingerprint density at radius 3 is 2.74 bits per heavy atom. The molecule has 0 aliphatic carbocycles. The highest BCUT2D eigenvalue weighted by molar-refractivity contribution is 5.99. The van der Waals surface area contributed by atoms with Gasteiger partial charge in [0.15, 0.2) is 0 Å². The van der Waals surface area contributed by atoms with Gasteiger partial charge in [0.25, 0.3) is 5.91 Å². The minimum atomic E-state index is -0.729. The van der Waals surface area contributed by atoms with E-state index in [0.717, 1.165) is 17.7 Å². The Morgan fingerprint density at radius 1 is 1.37 bits per heavy atom. The largest absolute Gasteiger partial charge is 0.390 e. The van der Waals surface area contributed by atoms with Crippen LogP contribution >= 0.6 is 0 Å². The predicted octanol–water partition coefficient (Wildman–Crippen LogP) is 2.78. The summed E-state index contributed by atoms with van der Waals surface area (Å²) in [6, 6.07) is 5.44. The van der Waals surface area contributed by atoms with Gasteiger partial charge in [-0.25, -0.2) is 4.79 Å². The fourth-order valence-electron chi connectivity index (χ4n) is 4.12. The van der Waals surface area contributed by atoms with Gasteiger partial charge in [0.1, 0.15) is 0 Å². The molecule has 6 heteroatoms. The maximum absolute atomic E-state index is 13.1. The molecule has 3 amide bonds. The van der Waals surface area contributed by atoms with Gasteiger partial charge in [0.05, 0.1) is 5.60 Å². The summed E-state index contributed by atoms with van der Waals surface area (Å²) in [7, 11) is 0. The van der Waals surface area contributed by atoms with E-state index in [0.29, 0.717) is 44.1 Å². The predicted molar refractivity (Wildman–Crippen MR) is 106 cm³/mol. The molecule has 0 unspecified atom stereocenters. The minimum Gasteiger partial charge on any atom is -0.390 e. The number of aryl methyl sites for hydroxylation is 1. The zero-order valence-corrected chi connectivity index (χ0v) is 16.8. The molecule has 6 nitrogen and oxygen atoms in total. The van der Waals surface area contributed by atoms with Crippen LogP contribution < -0.4 is 10.2 Å². The van der Waals surface area contributed by atoms with Crippen LogP contribution in [0.5, 0.6) is 0 Å². The number of nitrogens with one attached hydrogen (secondary N) is 1. The molecule has 0 radical (unpaired) electrons. The van der Waals surface area contributed by atoms with E-state index < -0.39 is 5.60 Å². The SMILES string of the molecule is Cc1ccc(C(=O)N2CC[C@](C)(O)[C@H](CC(C)C)C2)cc1N1CCNC1=O. The maximum Gasteiger partial charge on any atom is 0.322 e. The standard InChI is InChI=1S/C21H31N3O3/c1-14(2)11-17-13-23(9-7-21(17,4)27)19(25)16-6-5-15(3)18(12-16)24-10-8-22-20(24)26/h5-6,12,14,17,27H,7-11,13H2,1-4H3,(H,22,26)/t17-,21+/m1/s1. The molecule has 0 bridgehead atoms.